The molecule has 16 heavy (non-hydrogen) atoms. The summed E-state index contributed by atoms with van der Waals surface area (Å²) < 4.78 is 1.20. The Morgan fingerprint density at radius 2 is 2.06 bits per heavy atom. The number of hydrogen-bond donors (Lipinski definition) is 1. The first-order valence-corrected chi connectivity index (χ1v) is 6.47. The van der Waals surface area contributed by atoms with E-state index in [1.165, 1.54) is 15.6 Å². The number of nitrogens with two attached hydrogens (primary N) is 1. The van der Waals surface area contributed by atoms with E-state index in [4.69, 9.17) is 5.73 Å². The molecule has 0 saturated heterocycles. The van der Waals surface area contributed by atoms with Gasteiger partial charge in [0.2, 0.25) is 0 Å². The van der Waals surface area contributed by atoms with Crippen molar-refractivity contribution in [1.29, 1.82) is 0 Å². The lowest BCUT2D eigenvalue weighted by atomic mass is 9.97. The van der Waals surface area contributed by atoms with Crippen LogP contribution < -0.4 is 5.73 Å². The van der Waals surface area contributed by atoms with Crippen molar-refractivity contribution < 1.29 is 0 Å². The van der Waals surface area contributed by atoms with Gasteiger partial charge in [-0.2, -0.15) is 0 Å². The quantitative estimate of drug-likeness (QED) is 0.901. The van der Waals surface area contributed by atoms with E-state index in [0.29, 0.717) is 5.92 Å². The molecule has 0 bridgehead atoms. The zero-order chi connectivity index (χ0) is 12.1. The molecular formula is C13H21BrN2. The number of hydrogen-bond acceptors (Lipinski definition) is 2. The Morgan fingerprint density at radius 1 is 1.38 bits per heavy atom. The van der Waals surface area contributed by atoms with Crippen LogP contribution in [0.5, 0.6) is 0 Å². The molecular weight excluding hydrogens is 264 g/mol. The molecule has 0 fully saturated rings. The lowest BCUT2D eigenvalue weighted by Gasteiger charge is -2.15. The van der Waals surface area contributed by atoms with E-state index in [1.807, 2.05) is 0 Å². The van der Waals surface area contributed by atoms with E-state index in [2.05, 4.69) is 60.0 Å². The first-order valence-electron chi connectivity index (χ1n) is 5.67. The Labute approximate surface area is 107 Å². The highest BCUT2D eigenvalue weighted by molar-refractivity contribution is 9.10. The fourth-order valence-electron chi connectivity index (χ4n) is 1.76. The van der Waals surface area contributed by atoms with Gasteiger partial charge >= 0.3 is 0 Å². The maximum atomic E-state index is 5.58. The summed E-state index contributed by atoms with van der Waals surface area (Å²) in [6.07, 6.45) is 1.04. The van der Waals surface area contributed by atoms with Crippen LogP contribution in [0.2, 0.25) is 0 Å². The zero-order valence-corrected chi connectivity index (χ0v) is 11.9. The van der Waals surface area contributed by atoms with Crippen LogP contribution in [0.4, 0.5) is 0 Å². The van der Waals surface area contributed by atoms with Gasteiger partial charge in [0.15, 0.2) is 0 Å². The second-order valence-electron chi connectivity index (χ2n) is 4.57. The maximum absolute atomic E-state index is 5.58. The van der Waals surface area contributed by atoms with Crippen molar-refractivity contribution in [3.05, 3.63) is 33.8 Å². The van der Waals surface area contributed by atoms with Gasteiger partial charge in [0.1, 0.15) is 0 Å². The minimum Gasteiger partial charge on any atom is -0.330 e. The predicted molar refractivity (Wildman–Crippen MR) is 73.6 cm³/mol. The highest BCUT2D eigenvalue weighted by Gasteiger charge is 2.07. The van der Waals surface area contributed by atoms with Crippen molar-refractivity contribution in [3.63, 3.8) is 0 Å². The Kier molecular flexibility index (Phi) is 5.46. The van der Waals surface area contributed by atoms with Crippen LogP contribution in [0.1, 0.15) is 30.4 Å². The maximum Gasteiger partial charge on any atom is 0.0238 e. The molecule has 1 rings (SSSR count). The van der Waals surface area contributed by atoms with Crippen LogP contribution in [0.15, 0.2) is 22.7 Å². The number of nitrogens with zero attached hydrogens (tertiary/aromatic N) is 1. The van der Waals surface area contributed by atoms with Gasteiger partial charge in [0.25, 0.3) is 0 Å². The largest absolute Gasteiger partial charge is 0.330 e. The van der Waals surface area contributed by atoms with E-state index >= 15 is 0 Å². The second-order valence-corrected chi connectivity index (χ2v) is 5.42. The monoisotopic (exact) mass is 284 g/mol. The Morgan fingerprint density at radius 3 is 2.56 bits per heavy atom. The number of rotatable bonds is 5. The van der Waals surface area contributed by atoms with Crippen molar-refractivity contribution in [1.82, 2.24) is 4.90 Å². The molecule has 1 aromatic rings. The topological polar surface area (TPSA) is 29.3 Å². The fourth-order valence-corrected chi connectivity index (χ4v) is 2.28. The van der Waals surface area contributed by atoms with E-state index in [0.717, 1.165) is 19.5 Å². The molecule has 3 heteroatoms. The molecule has 1 atom stereocenters. The first-order chi connectivity index (χ1) is 7.54. The summed E-state index contributed by atoms with van der Waals surface area (Å²) in [7, 11) is 4.16. The van der Waals surface area contributed by atoms with E-state index in [9.17, 15) is 0 Å². The van der Waals surface area contributed by atoms with Crippen molar-refractivity contribution >= 4 is 15.9 Å². The van der Waals surface area contributed by atoms with Crippen LogP contribution >= 0.6 is 15.9 Å². The molecule has 0 aromatic heterocycles. The van der Waals surface area contributed by atoms with Gasteiger partial charge in [-0.05, 0) is 50.2 Å². The number of halogens is 1. The first kappa shape index (κ1) is 13.7. The Balaban J connectivity index is 2.82. The van der Waals surface area contributed by atoms with Crippen LogP contribution in [-0.2, 0) is 6.54 Å². The average Bonchev–Trinajstić information content (AvgIpc) is 2.20. The molecule has 0 amide bonds. The van der Waals surface area contributed by atoms with Crippen molar-refractivity contribution in [3.8, 4) is 0 Å². The van der Waals surface area contributed by atoms with Gasteiger partial charge in [-0.25, -0.2) is 0 Å². The summed E-state index contributed by atoms with van der Waals surface area (Å²) in [5, 5.41) is 0. The summed E-state index contributed by atoms with van der Waals surface area (Å²) >= 11 is 3.64. The van der Waals surface area contributed by atoms with Crippen LogP contribution in [-0.4, -0.2) is 25.5 Å². The summed E-state index contributed by atoms with van der Waals surface area (Å²) in [6.45, 7) is 3.94. The number of benzene rings is 1. The van der Waals surface area contributed by atoms with Gasteiger partial charge in [0.05, 0.1) is 0 Å². The lowest BCUT2D eigenvalue weighted by molar-refractivity contribution is 0.401. The second kappa shape index (κ2) is 6.38. The molecule has 0 spiro atoms. The fraction of sp³-hybridized carbons (Fsp3) is 0.538. The molecule has 1 aromatic carbocycles. The Hall–Kier alpha value is -0.380. The molecule has 0 aliphatic carbocycles. The van der Waals surface area contributed by atoms with Gasteiger partial charge in [-0.15, -0.1) is 0 Å². The summed E-state index contributed by atoms with van der Waals surface area (Å²) in [6, 6.07) is 6.63. The predicted octanol–water partition coefficient (Wildman–Crippen LogP) is 2.96. The molecule has 2 N–H and O–H groups in total. The summed E-state index contributed by atoms with van der Waals surface area (Å²) in [5.41, 5.74) is 8.27. The third-order valence-corrected chi connectivity index (χ3v) is 3.47. The standard InChI is InChI=1S/C13H21BrN2/c1-10(6-7-15)11-4-5-12(9-16(2)3)13(14)8-11/h4-5,8,10H,6-7,9,15H2,1-3H3. The third-order valence-electron chi connectivity index (χ3n) is 2.73. The minimum atomic E-state index is 0.537. The SMILES string of the molecule is CC(CCN)c1ccc(CN(C)C)c(Br)c1. The van der Waals surface area contributed by atoms with E-state index in [1.54, 1.807) is 0 Å². The van der Waals surface area contributed by atoms with Crippen molar-refractivity contribution in [2.45, 2.75) is 25.8 Å². The van der Waals surface area contributed by atoms with Gasteiger partial charge in [0, 0.05) is 11.0 Å². The van der Waals surface area contributed by atoms with Gasteiger partial charge in [-0.3, -0.25) is 0 Å². The van der Waals surface area contributed by atoms with Crippen molar-refractivity contribution in [2.75, 3.05) is 20.6 Å². The van der Waals surface area contributed by atoms with Crippen molar-refractivity contribution in [2.24, 2.45) is 5.73 Å². The smallest absolute Gasteiger partial charge is 0.0238 e. The van der Waals surface area contributed by atoms with Crippen LogP contribution in [0.3, 0.4) is 0 Å². The van der Waals surface area contributed by atoms with E-state index in [-0.39, 0.29) is 0 Å². The molecule has 90 valence electrons. The Bertz CT molecular complexity index is 337. The third kappa shape index (κ3) is 3.89. The molecule has 0 aliphatic rings. The molecule has 0 saturated carbocycles. The molecule has 0 heterocycles. The average molecular weight is 285 g/mol. The highest BCUT2D eigenvalue weighted by atomic mass is 79.9. The molecule has 0 aliphatic heterocycles. The van der Waals surface area contributed by atoms with Crippen LogP contribution in [0.25, 0.3) is 0 Å². The zero-order valence-electron chi connectivity index (χ0n) is 10.3. The minimum absolute atomic E-state index is 0.537. The normalized spacial score (nSPS) is 13.1. The highest BCUT2D eigenvalue weighted by Crippen LogP contribution is 2.25. The molecule has 0 radical (unpaired) electrons. The van der Waals surface area contributed by atoms with Gasteiger partial charge < -0.3 is 10.6 Å². The summed E-state index contributed by atoms with van der Waals surface area (Å²) in [5.74, 6) is 0.537. The van der Waals surface area contributed by atoms with E-state index < -0.39 is 0 Å². The lowest BCUT2D eigenvalue weighted by Crippen LogP contribution is -2.11. The van der Waals surface area contributed by atoms with Crippen LogP contribution in [0, 0.1) is 0 Å². The molecule has 1 unspecified atom stereocenters. The van der Waals surface area contributed by atoms with Gasteiger partial charge in [-0.1, -0.05) is 35.0 Å². The molecule has 2 nitrogen and oxygen atoms in total. The summed E-state index contributed by atoms with van der Waals surface area (Å²) in [4.78, 5) is 2.17.